The lowest BCUT2D eigenvalue weighted by molar-refractivity contribution is -0.136. The predicted octanol–water partition coefficient (Wildman–Crippen LogP) is 6.44. The maximum atomic E-state index is 11.4. The SMILES string of the molecule is C=C1C2=CC3=C4Sc5cc(CC(=O)O)ccc5N4CCC3OC2CCCc2ccccc2C1(C)CCCCS(=O)(=O)O. The Morgan fingerprint density at radius 1 is 1.17 bits per heavy atom. The zero-order chi connectivity index (χ0) is 29.6. The highest BCUT2D eigenvalue weighted by atomic mass is 32.2. The molecule has 6 rings (SSSR count). The number of carboxylic acids is 1. The lowest BCUT2D eigenvalue weighted by atomic mass is 9.68. The highest BCUT2D eigenvalue weighted by molar-refractivity contribution is 8.03. The zero-order valence-electron chi connectivity index (χ0n) is 23.8. The van der Waals surface area contributed by atoms with Crippen LogP contribution in [0.15, 0.2) is 81.8 Å². The Hall–Kier alpha value is -2.85. The van der Waals surface area contributed by atoms with Crippen molar-refractivity contribution in [3.63, 3.8) is 0 Å². The van der Waals surface area contributed by atoms with Crippen LogP contribution in [0.5, 0.6) is 0 Å². The molecule has 42 heavy (non-hydrogen) atoms. The topological polar surface area (TPSA) is 104 Å². The fraction of sp³-hybridized carbons (Fsp3) is 0.424. The van der Waals surface area contributed by atoms with E-state index in [0.717, 1.165) is 70.1 Å². The van der Waals surface area contributed by atoms with Crippen molar-refractivity contribution in [3.05, 3.63) is 93.6 Å². The monoisotopic (exact) mass is 607 g/mol. The first-order valence-corrected chi connectivity index (χ1v) is 17.1. The van der Waals surface area contributed by atoms with Gasteiger partial charge in [0.05, 0.1) is 35.1 Å². The first-order chi connectivity index (χ1) is 20.0. The van der Waals surface area contributed by atoms with Crippen LogP contribution >= 0.6 is 11.8 Å². The highest BCUT2D eigenvalue weighted by Crippen LogP contribution is 2.53. The molecule has 2 N–H and O–H groups in total. The van der Waals surface area contributed by atoms with Crippen molar-refractivity contribution in [2.24, 2.45) is 0 Å². The third-order valence-corrected chi connectivity index (χ3v) is 11.2. The molecular formula is C33H37NO6S2. The number of aryl methyl sites for hydroxylation is 1. The summed E-state index contributed by atoms with van der Waals surface area (Å²) >= 11 is 1.69. The largest absolute Gasteiger partial charge is 0.481 e. The molecule has 0 aromatic heterocycles. The summed E-state index contributed by atoms with van der Waals surface area (Å²) in [6.07, 6.45) is 7.65. The number of carbonyl (C=O) groups is 1. The van der Waals surface area contributed by atoms with E-state index < -0.39 is 21.5 Å². The number of anilines is 1. The van der Waals surface area contributed by atoms with E-state index in [-0.39, 0.29) is 24.4 Å². The third-order valence-electron chi connectivity index (χ3n) is 9.19. The molecule has 7 nitrogen and oxygen atoms in total. The van der Waals surface area contributed by atoms with Gasteiger partial charge in [0.2, 0.25) is 0 Å². The Labute approximate surface area is 252 Å². The summed E-state index contributed by atoms with van der Waals surface area (Å²) in [4.78, 5) is 14.7. The van der Waals surface area contributed by atoms with Gasteiger partial charge < -0.3 is 14.7 Å². The predicted molar refractivity (Wildman–Crippen MR) is 166 cm³/mol. The molecule has 3 atom stereocenters. The van der Waals surface area contributed by atoms with Gasteiger partial charge in [-0.1, -0.05) is 62.0 Å². The van der Waals surface area contributed by atoms with Gasteiger partial charge in [0.1, 0.15) is 0 Å². The highest BCUT2D eigenvalue weighted by Gasteiger charge is 2.42. The van der Waals surface area contributed by atoms with Crippen LogP contribution in [-0.2, 0) is 37.9 Å². The van der Waals surface area contributed by atoms with E-state index in [1.54, 1.807) is 11.8 Å². The van der Waals surface area contributed by atoms with Crippen LogP contribution in [0.25, 0.3) is 0 Å². The van der Waals surface area contributed by atoms with Crippen molar-refractivity contribution in [3.8, 4) is 0 Å². The fourth-order valence-electron chi connectivity index (χ4n) is 7.01. The van der Waals surface area contributed by atoms with Crippen molar-refractivity contribution >= 4 is 33.5 Å². The normalized spacial score (nSPS) is 25.2. The van der Waals surface area contributed by atoms with Crippen LogP contribution in [0, 0.1) is 0 Å². The van der Waals surface area contributed by atoms with Crippen molar-refractivity contribution in [2.75, 3.05) is 17.2 Å². The maximum absolute atomic E-state index is 11.4. The molecule has 0 saturated carbocycles. The first-order valence-electron chi connectivity index (χ1n) is 14.7. The summed E-state index contributed by atoms with van der Waals surface area (Å²) in [5.41, 5.74) is 7.24. The van der Waals surface area contributed by atoms with E-state index in [1.807, 2.05) is 18.2 Å². The van der Waals surface area contributed by atoms with Gasteiger partial charge in [0.15, 0.2) is 0 Å². The second kappa shape index (κ2) is 11.3. The first kappa shape index (κ1) is 29.2. The number of aliphatic carboxylic acids is 1. The Bertz CT molecular complexity index is 1610. The molecule has 0 bridgehead atoms. The van der Waals surface area contributed by atoms with Crippen LogP contribution in [0.2, 0.25) is 0 Å². The van der Waals surface area contributed by atoms with Gasteiger partial charge in [0.25, 0.3) is 10.1 Å². The van der Waals surface area contributed by atoms with Crippen molar-refractivity contribution in [2.45, 2.75) is 80.8 Å². The minimum Gasteiger partial charge on any atom is -0.481 e. The molecule has 0 fully saturated rings. The molecule has 0 radical (unpaired) electrons. The van der Waals surface area contributed by atoms with Crippen molar-refractivity contribution < 1.29 is 27.6 Å². The lowest BCUT2D eigenvalue weighted by Gasteiger charge is -2.42. The number of fused-ring (bicyclic) bond motifs is 6. The Balaban J connectivity index is 1.39. The number of hydrogen-bond donors (Lipinski definition) is 2. The van der Waals surface area contributed by atoms with Gasteiger partial charge in [-0.05, 0) is 84.6 Å². The van der Waals surface area contributed by atoms with E-state index >= 15 is 0 Å². The second-order valence-electron chi connectivity index (χ2n) is 12.0. The number of ether oxygens (including phenoxy) is 1. The number of unbranched alkanes of at least 4 members (excludes halogenated alkanes) is 1. The quantitative estimate of drug-likeness (QED) is 0.274. The number of nitrogens with zero attached hydrogens (tertiary/aromatic N) is 1. The fourth-order valence-corrected chi connectivity index (χ4v) is 8.89. The van der Waals surface area contributed by atoms with Gasteiger partial charge in [0, 0.05) is 22.4 Å². The Kier molecular flexibility index (Phi) is 7.89. The molecule has 222 valence electrons. The number of rotatable bonds is 7. The van der Waals surface area contributed by atoms with Crippen LogP contribution < -0.4 is 4.90 Å². The van der Waals surface area contributed by atoms with Gasteiger partial charge in [-0.2, -0.15) is 8.42 Å². The molecule has 3 unspecified atom stereocenters. The minimum atomic E-state index is -4.01. The zero-order valence-corrected chi connectivity index (χ0v) is 25.5. The maximum Gasteiger partial charge on any atom is 0.307 e. The summed E-state index contributed by atoms with van der Waals surface area (Å²) in [5.74, 6) is -1.08. The number of thioether (sulfide) groups is 1. The summed E-state index contributed by atoms with van der Waals surface area (Å²) in [5, 5.41) is 10.4. The summed E-state index contributed by atoms with van der Waals surface area (Å²) in [6.45, 7) is 7.77. The molecule has 4 aliphatic rings. The summed E-state index contributed by atoms with van der Waals surface area (Å²) in [7, 11) is -4.01. The molecule has 0 saturated heterocycles. The standard InChI is InChI=1S/C33H37NO6S2/c1-21-24-20-25-29(14-16-34-27-13-12-22(19-31(35)36)18-30(27)41-32(25)34)40-28(24)11-7-9-23-8-3-4-10-26(23)33(21,2)15-5-6-17-42(37,38)39/h3-4,8,10,12-13,18,20,28-29H,1,5-7,9,11,14-17,19H2,2H3,(H,35,36)(H,37,38,39). The molecule has 2 aromatic rings. The van der Waals surface area contributed by atoms with E-state index in [0.29, 0.717) is 19.3 Å². The Morgan fingerprint density at radius 3 is 2.76 bits per heavy atom. The molecule has 3 aliphatic heterocycles. The number of carboxylic acid groups (broad SMARTS) is 1. The van der Waals surface area contributed by atoms with Gasteiger partial charge >= 0.3 is 5.97 Å². The van der Waals surface area contributed by atoms with Gasteiger partial charge in [-0.25, -0.2) is 0 Å². The van der Waals surface area contributed by atoms with Gasteiger partial charge in [-0.3, -0.25) is 9.35 Å². The van der Waals surface area contributed by atoms with Crippen LogP contribution in [0.4, 0.5) is 5.69 Å². The average Bonchev–Trinajstić information content (AvgIpc) is 3.33. The minimum absolute atomic E-state index is 0.00132. The average molecular weight is 608 g/mol. The van der Waals surface area contributed by atoms with E-state index in [1.165, 1.54) is 11.1 Å². The Morgan fingerprint density at radius 2 is 1.98 bits per heavy atom. The third kappa shape index (κ3) is 5.60. The molecular weight excluding hydrogens is 570 g/mol. The van der Waals surface area contributed by atoms with Gasteiger partial charge in [-0.15, -0.1) is 0 Å². The molecule has 3 heterocycles. The molecule has 0 amide bonds. The second-order valence-corrected chi connectivity index (χ2v) is 14.6. The molecule has 2 aromatic carbocycles. The van der Waals surface area contributed by atoms with Crippen molar-refractivity contribution in [1.29, 1.82) is 0 Å². The van der Waals surface area contributed by atoms with Crippen LogP contribution in [0.3, 0.4) is 0 Å². The van der Waals surface area contributed by atoms with Crippen molar-refractivity contribution in [1.82, 2.24) is 0 Å². The molecule has 1 aliphatic carbocycles. The smallest absolute Gasteiger partial charge is 0.307 e. The van der Waals surface area contributed by atoms with Crippen LogP contribution in [-0.4, -0.2) is 48.6 Å². The summed E-state index contributed by atoms with van der Waals surface area (Å²) < 4.78 is 39.0. The van der Waals surface area contributed by atoms with E-state index in [9.17, 15) is 22.9 Å². The van der Waals surface area contributed by atoms with E-state index in [2.05, 4.69) is 42.2 Å². The summed E-state index contributed by atoms with van der Waals surface area (Å²) in [6, 6.07) is 14.4. The molecule has 9 heteroatoms. The molecule has 0 spiro atoms. The number of benzene rings is 2. The van der Waals surface area contributed by atoms with Crippen LogP contribution in [0.1, 0.15) is 62.1 Å². The van der Waals surface area contributed by atoms with E-state index in [4.69, 9.17) is 11.3 Å². The number of hydrogen-bond acceptors (Lipinski definition) is 6. The lowest BCUT2D eigenvalue weighted by Crippen LogP contribution is -2.40.